The van der Waals surface area contributed by atoms with Crippen LogP contribution in [-0.2, 0) is 16.1 Å². The molecule has 0 N–H and O–H groups in total. The van der Waals surface area contributed by atoms with Gasteiger partial charge in [0.2, 0.25) is 6.04 Å². The van der Waals surface area contributed by atoms with Crippen molar-refractivity contribution in [2.75, 3.05) is 6.61 Å². The molecule has 0 aliphatic carbocycles. The molecule has 0 fully saturated rings. The molecule has 0 radical (unpaired) electrons. The van der Waals surface area contributed by atoms with Crippen LogP contribution in [0.4, 0.5) is 0 Å². The number of allylic oxidation sites excluding steroid dienone is 1. The van der Waals surface area contributed by atoms with Crippen molar-refractivity contribution in [1.29, 1.82) is 0 Å². The van der Waals surface area contributed by atoms with Crippen molar-refractivity contribution < 1.29 is 14.5 Å². The fourth-order valence-electron chi connectivity index (χ4n) is 2.46. The number of hydrogen-bond donors (Lipinski definition) is 0. The minimum absolute atomic E-state index is 0.339. The van der Waals surface area contributed by atoms with Crippen molar-refractivity contribution in [2.45, 2.75) is 44.8 Å². The molecular formula is C18H25NO4. The smallest absolute Gasteiger partial charge is 0.222 e. The number of nitro groups is 1. The van der Waals surface area contributed by atoms with Gasteiger partial charge in [0, 0.05) is 18.0 Å². The molecule has 0 unspecified atom stereocenters. The molecule has 0 aliphatic heterocycles. The Balaban J connectivity index is 2.24. The highest BCUT2D eigenvalue weighted by molar-refractivity contribution is 5.54. The van der Waals surface area contributed by atoms with Crippen LogP contribution in [0.5, 0.6) is 0 Å². The van der Waals surface area contributed by atoms with E-state index in [9.17, 15) is 14.9 Å². The Morgan fingerprint density at radius 1 is 1.22 bits per heavy atom. The van der Waals surface area contributed by atoms with Crippen LogP contribution in [0.1, 0.15) is 37.7 Å². The second kappa shape index (κ2) is 11.5. The van der Waals surface area contributed by atoms with Crippen molar-refractivity contribution in [3.05, 3.63) is 58.7 Å². The number of hydrogen-bond acceptors (Lipinski definition) is 4. The summed E-state index contributed by atoms with van der Waals surface area (Å²) in [4.78, 5) is 21.9. The lowest BCUT2D eigenvalue weighted by Crippen LogP contribution is -2.30. The van der Waals surface area contributed by atoms with E-state index in [4.69, 9.17) is 4.74 Å². The third-order valence-corrected chi connectivity index (χ3v) is 3.79. The number of carbonyl (C=O) groups excluding carboxylic acids is 1. The standard InChI is InChI=1S/C18H25NO4/c1-2-3-12-18(19(21)22)17(14-20)11-7-8-13-23-15-16-9-5-4-6-10-16/h2,4-6,9-10,14,17-18H,1,3,7-8,11-13,15H2/t17-,18-/m0/s1. The molecule has 5 heteroatoms. The van der Waals surface area contributed by atoms with Gasteiger partial charge in [0.15, 0.2) is 0 Å². The van der Waals surface area contributed by atoms with Gasteiger partial charge in [-0.15, -0.1) is 6.58 Å². The largest absolute Gasteiger partial charge is 0.377 e. The van der Waals surface area contributed by atoms with E-state index in [1.807, 2.05) is 30.3 Å². The lowest BCUT2D eigenvalue weighted by molar-refractivity contribution is -0.530. The van der Waals surface area contributed by atoms with Crippen LogP contribution < -0.4 is 0 Å². The van der Waals surface area contributed by atoms with Gasteiger partial charge in [-0.3, -0.25) is 10.1 Å². The number of unbranched alkanes of at least 4 members (excludes halogenated alkanes) is 1. The van der Waals surface area contributed by atoms with E-state index < -0.39 is 12.0 Å². The average Bonchev–Trinajstić information content (AvgIpc) is 2.56. The molecule has 0 spiro atoms. The Morgan fingerprint density at radius 3 is 2.57 bits per heavy atom. The molecule has 1 rings (SSSR count). The summed E-state index contributed by atoms with van der Waals surface area (Å²) in [5.74, 6) is -0.529. The molecule has 0 saturated carbocycles. The fraction of sp³-hybridized carbons (Fsp3) is 0.500. The second-order valence-electron chi connectivity index (χ2n) is 5.55. The van der Waals surface area contributed by atoms with Crippen molar-refractivity contribution in [3.63, 3.8) is 0 Å². The van der Waals surface area contributed by atoms with E-state index in [-0.39, 0.29) is 4.92 Å². The van der Waals surface area contributed by atoms with Gasteiger partial charge in [0.05, 0.1) is 12.5 Å². The Morgan fingerprint density at radius 2 is 1.96 bits per heavy atom. The minimum atomic E-state index is -0.810. The van der Waals surface area contributed by atoms with Crippen LogP contribution in [0.25, 0.3) is 0 Å². The van der Waals surface area contributed by atoms with Crippen molar-refractivity contribution in [3.8, 4) is 0 Å². The molecular weight excluding hydrogens is 294 g/mol. The topological polar surface area (TPSA) is 69.4 Å². The van der Waals surface area contributed by atoms with Gasteiger partial charge in [-0.2, -0.15) is 0 Å². The van der Waals surface area contributed by atoms with E-state index in [0.29, 0.717) is 32.5 Å². The molecule has 23 heavy (non-hydrogen) atoms. The van der Waals surface area contributed by atoms with Crippen LogP contribution in [0.15, 0.2) is 43.0 Å². The third-order valence-electron chi connectivity index (χ3n) is 3.79. The van der Waals surface area contributed by atoms with E-state index in [1.54, 1.807) is 6.08 Å². The summed E-state index contributed by atoms with van der Waals surface area (Å²) < 4.78 is 5.57. The lowest BCUT2D eigenvalue weighted by Gasteiger charge is -2.15. The molecule has 0 saturated heterocycles. The molecule has 0 aromatic heterocycles. The Bertz CT molecular complexity index is 475. The first-order valence-corrected chi connectivity index (χ1v) is 8.00. The summed E-state index contributed by atoms with van der Waals surface area (Å²) in [6.07, 6.45) is 5.36. The number of benzene rings is 1. The first-order chi connectivity index (χ1) is 11.2. The minimum Gasteiger partial charge on any atom is -0.377 e. The highest BCUT2D eigenvalue weighted by Gasteiger charge is 2.29. The molecule has 0 aliphatic rings. The van der Waals surface area contributed by atoms with Crippen LogP contribution in [0.3, 0.4) is 0 Å². The molecule has 2 atom stereocenters. The van der Waals surface area contributed by atoms with Gasteiger partial charge in [0.1, 0.15) is 6.29 Å². The monoisotopic (exact) mass is 319 g/mol. The van der Waals surface area contributed by atoms with Crippen molar-refractivity contribution in [2.24, 2.45) is 5.92 Å². The number of carbonyl (C=O) groups is 1. The van der Waals surface area contributed by atoms with Gasteiger partial charge in [-0.05, 0) is 24.8 Å². The molecule has 1 aromatic carbocycles. The van der Waals surface area contributed by atoms with Crippen LogP contribution in [0, 0.1) is 16.0 Å². The third kappa shape index (κ3) is 7.70. The summed E-state index contributed by atoms with van der Waals surface area (Å²) in [5.41, 5.74) is 1.12. The summed E-state index contributed by atoms with van der Waals surface area (Å²) >= 11 is 0. The first kappa shape index (κ1) is 19.0. The Kier molecular flexibility index (Phi) is 9.55. The van der Waals surface area contributed by atoms with Crippen LogP contribution in [0.2, 0.25) is 0 Å². The zero-order valence-corrected chi connectivity index (χ0v) is 13.4. The molecule has 0 amide bonds. The molecule has 0 heterocycles. The summed E-state index contributed by atoms with van der Waals surface area (Å²) in [6, 6.07) is 9.09. The Hall–Kier alpha value is -2.01. The maximum absolute atomic E-state index is 11.2. The van der Waals surface area contributed by atoms with Gasteiger partial charge in [-0.25, -0.2) is 0 Å². The highest BCUT2D eigenvalue weighted by Crippen LogP contribution is 2.18. The number of nitrogens with zero attached hydrogens (tertiary/aromatic N) is 1. The van der Waals surface area contributed by atoms with Crippen LogP contribution >= 0.6 is 0 Å². The number of ether oxygens (including phenoxy) is 1. The maximum Gasteiger partial charge on any atom is 0.222 e. The number of rotatable bonds is 13. The second-order valence-corrected chi connectivity index (χ2v) is 5.55. The summed E-state index contributed by atoms with van der Waals surface area (Å²) in [5, 5.41) is 11.1. The molecule has 126 valence electrons. The van der Waals surface area contributed by atoms with Crippen LogP contribution in [-0.4, -0.2) is 23.9 Å². The number of aldehydes is 1. The maximum atomic E-state index is 11.2. The average molecular weight is 319 g/mol. The predicted octanol–water partition coefficient (Wildman–Crippen LogP) is 3.80. The predicted molar refractivity (Wildman–Crippen MR) is 89.7 cm³/mol. The quantitative estimate of drug-likeness (QED) is 0.182. The normalized spacial score (nSPS) is 13.2. The van der Waals surface area contributed by atoms with E-state index in [2.05, 4.69) is 6.58 Å². The summed E-state index contributed by atoms with van der Waals surface area (Å²) in [7, 11) is 0. The van der Waals surface area contributed by atoms with Crippen molar-refractivity contribution >= 4 is 6.29 Å². The van der Waals surface area contributed by atoms with Gasteiger partial charge < -0.3 is 9.53 Å². The summed E-state index contributed by atoms with van der Waals surface area (Å²) in [6.45, 7) is 4.73. The van der Waals surface area contributed by atoms with Crippen molar-refractivity contribution in [1.82, 2.24) is 0 Å². The highest BCUT2D eigenvalue weighted by atomic mass is 16.6. The van der Waals surface area contributed by atoms with E-state index in [0.717, 1.165) is 24.7 Å². The zero-order chi connectivity index (χ0) is 16.9. The van der Waals surface area contributed by atoms with E-state index >= 15 is 0 Å². The first-order valence-electron chi connectivity index (χ1n) is 8.00. The zero-order valence-electron chi connectivity index (χ0n) is 13.4. The fourth-order valence-corrected chi connectivity index (χ4v) is 2.46. The van der Waals surface area contributed by atoms with Gasteiger partial charge in [-0.1, -0.05) is 42.8 Å². The van der Waals surface area contributed by atoms with E-state index in [1.165, 1.54) is 0 Å². The molecule has 1 aromatic rings. The van der Waals surface area contributed by atoms with Gasteiger partial charge >= 0.3 is 0 Å². The van der Waals surface area contributed by atoms with Gasteiger partial charge in [0.25, 0.3) is 0 Å². The SMILES string of the molecule is C=CCC[C@@H]([C@H](C=O)CCCCOCc1ccccc1)[N+](=O)[O-]. The molecule has 5 nitrogen and oxygen atoms in total. The Labute approximate surface area is 137 Å². The molecule has 0 bridgehead atoms. The lowest BCUT2D eigenvalue weighted by atomic mass is 9.92.